The van der Waals surface area contributed by atoms with Crippen LogP contribution in [-0.4, -0.2) is 45.0 Å². The van der Waals surface area contributed by atoms with Gasteiger partial charge in [-0.1, -0.05) is 0 Å². The summed E-state index contributed by atoms with van der Waals surface area (Å²) >= 11 is 1.45. The Morgan fingerprint density at radius 2 is 2.08 bits per heavy atom. The van der Waals surface area contributed by atoms with Crippen molar-refractivity contribution in [2.75, 3.05) is 18.0 Å². The van der Waals surface area contributed by atoms with E-state index in [0.29, 0.717) is 4.88 Å². The SMILES string of the molecule is O=C(NC1CCN(c2cnccn2)CC1)c1ccc(-c2ncc[nH]2)s1. The maximum atomic E-state index is 12.5. The van der Waals surface area contributed by atoms with Crippen LogP contribution in [0.3, 0.4) is 0 Å². The van der Waals surface area contributed by atoms with Crippen molar-refractivity contribution in [1.29, 1.82) is 0 Å². The van der Waals surface area contributed by atoms with Crippen molar-refractivity contribution in [2.45, 2.75) is 18.9 Å². The third-order valence-electron chi connectivity index (χ3n) is 4.27. The largest absolute Gasteiger partial charge is 0.355 e. The molecule has 25 heavy (non-hydrogen) atoms. The van der Waals surface area contributed by atoms with Gasteiger partial charge in [0.15, 0.2) is 0 Å². The van der Waals surface area contributed by atoms with Crippen LogP contribution in [0.2, 0.25) is 0 Å². The lowest BCUT2D eigenvalue weighted by atomic mass is 10.1. The summed E-state index contributed by atoms with van der Waals surface area (Å²) in [4.78, 5) is 32.1. The van der Waals surface area contributed by atoms with Gasteiger partial charge in [0.1, 0.15) is 11.6 Å². The molecule has 1 aliphatic rings. The van der Waals surface area contributed by atoms with Crippen LogP contribution >= 0.6 is 11.3 Å². The van der Waals surface area contributed by atoms with Crippen LogP contribution in [0.15, 0.2) is 43.1 Å². The van der Waals surface area contributed by atoms with Gasteiger partial charge in [-0.25, -0.2) is 9.97 Å². The van der Waals surface area contributed by atoms with Gasteiger partial charge in [0.2, 0.25) is 0 Å². The van der Waals surface area contributed by atoms with Crippen LogP contribution in [0, 0.1) is 0 Å². The maximum Gasteiger partial charge on any atom is 0.261 e. The quantitative estimate of drug-likeness (QED) is 0.751. The minimum Gasteiger partial charge on any atom is -0.355 e. The first-order valence-corrected chi connectivity index (χ1v) is 9.02. The smallest absolute Gasteiger partial charge is 0.261 e. The molecule has 7 nitrogen and oxygen atoms in total. The highest BCUT2D eigenvalue weighted by Crippen LogP contribution is 2.25. The third-order valence-corrected chi connectivity index (χ3v) is 5.36. The molecule has 1 fully saturated rings. The monoisotopic (exact) mass is 354 g/mol. The molecule has 0 aliphatic carbocycles. The van der Waals surface area contributed by atoms with Gasteiger partial charge in [0.25, 0.3) is 5.91 Å². The summed E-state index contributed by atoms with van der Waals surface area (Å²) in [5.41, 5.74) is 0. The fourth-order valence-corrected chi connectivity index (χ4v) is 3.82. The normalized spacial score (nSPS) is 15.3. The van der Waals surface area contributed by atoms with E-state index in [-0.39, 0.29) is 11.9 Å². The van der Waals surface area contributed by atoms with E-state index >= 15 is 0 Å². The summed E-state index contributed by atoms with van der Waals surface area (Å²) in [5.74, 6) is 1.68. The molecule has 1 saturated heterocycles. The van der Waals surface area contributed by atoms with Crippen LogP contribution in [0.4, 0.5) is 5.82 Å². The summed E-state index contributed by atoms with van der Waals surface area (Å²) in [6, 6.07) is 3.97. The Morgan fingerprint density at radius 3 is 2.80 bits per heavy atom. The number of rotatable bonds is 4. The van der Waals surface area contributed by atoms with Gasteiger partial charge in [-0.3, -0.25) is 9.78 Å². The van der Waals surface area contributed by atoms with E-state index < -0.39 is 0 Å². The predicted octanol–water partition coefficient (Wildman–Crippen LogP) is 2.33. The number of hydrogen-bond acceptors (Lipinski definition) is 6. The number of aromatic amines is 1. The van der Waals surface area contributed by atoms with E-state index in [1.165, 1.54) is 11.3 Å². The minimum atomic E-state index is -0.0132. The summed E-state index contributed by atoms with van der Waals surface area (Å²) in [6.07, 6.45) is 10.4. The van der Waals surface area contributed by atoms with Gasteiger partial charge < -0.3 is 15.2 Å². The first kappa shape index (κ1) is 15.8. The zero-order valence-corrected chi connectivity index (χ0v) is 14.4. The van der Waals surface area contributed by atoms with Crippen molar-refractivity contribution >= 4 is 23.1 Å². The van der Waals surface area contributed by atoms with Crippen molar-refractivity contribution in [3.05, 3.63) is 48.0 Å². The molecular formula is C17H18N6OS. The average molecular weight is 354 g/mol. The first-order chi connectivity index (χ1) is 12.3. The molecule has 8 heteroatoms. The highest BCUT2D eigenvalue weighted by Gasteiger charge is 2.22. The third kappa shape index (κ3) is 3.53. The number of amides is 1. The van der Waals surface area contributed by atoms with Crippen molar-refractivity contribution in [3.8, 4) is 10.7 Å². The Hall–Kier alpha value is -2.74. The molecule has 2 N–H and O–H groups in total. The number of thiophene rings is 1. The molecule has 3 aromatic heterocycles. The lowest BCUT2D eigenvalue weighted by molar-refractivity contribution is 0.0935. The molecular weight excluding hydrogens is 336 g/mol. The summed E-state index contributed by atoms with van der Waals surface area (Å²) in [5, 5.41) is 3.14. The lowest BCUT2D eigenvalue weighted by Crippen LogP contribution is -2.44. The Bertz CT molecular complexity index is 824. The standard InChI is InChI=1S/C17H18N6OS/c24-17(14-2-1-13(25-14)16-20-7-8-21-16)22-12-3-9-23(10-4-12)15-11-18-5-6-19-15/h1-2,5-8,11-12H,3-4,9-10H2,(H,20,21)(H,22,24). The summed E-state index contributed by atoms with van der Waals surface area (Å²) in [7, 11) is 0. The van der Waals surface area contributed by atoms with Crippen molar-refractivity contribution in [1.82, 2.24) is 25.3 Å². The maximum absolute atomic E-state index is 12.5. The van der Waals surface area contributed by atoms with Crippen molar-refractivity contribution < 1.29 is 4.79 Å². The second kappa shape index (κ2) is 7.02. The Morgan fingerprint density at radius 1 is 1.20 bits per heavy atom. The highest BCUT2D eigenvalue weighted by molar-refractivity contribution is 7.17. The van der Waals surface area contributed by atoms with Gasteiger partial charge in [0, 0.05) is 43.9 Å². The molecule has 128 valence electrons. The molecule has 3 aromatic rings. The number of nitrogens with zero attached hydrogens (tertiary/aromatic N) is 4. The van der Waals surface area contributed by atoms with E-state index in [1.807, 2.05) is 12.1 Å². The zero-order valence-electron chi connectivity index (χ0n) is 13.6. The van der Waals surface area contributed by atoms with Gasteiger partial charge in [-0.15, -0.1) is 11.3 Å². The van der Waals surface area contributed by atoms with Crippen LogP contribution in [0.5, 0.6) is 0 Å². The zero-order chi connectivity index (χ0) is 17.1. The number of nitrogens with one attached hydrogen (secondary N) is 2. The molecule has 0 saturated carbocycles. The van der Waals surface area contributed by atoms with E-state index in [4.69, 9.17) is 0 Å². The summed E-state index contributed by atoms with van der Waals surface area (Å²) < 4.78 is 0. The molecule has 0 radical (unpaired) electrons. The highest BCUT2D eigenvalue weighted by atomic mass is 32.1. The van der Waals surface area contributed by atoms with Gasteiger partial charge in [0.05, 0.1) is 16.0 Å². The fourth-order valence-electron chi connectivity index (χ4n) is 2.95. The van der Waals surface area contributed by atoms with E-state index in [0.717, 1.165) is 42.5 Å². The first-order valence-electron chi connectivity index (χ1n) is 8.21. The number of H-pyrrole nitrogens is 1. The molecule has 1 aliphatic heterocycles. The number of hydrogen-bond donors (Lipinski definition) is 2. The molecule has 4 heterocycles. The van der Waals surface area contributed by atoms with Crippen LogP contribution in [0.25, 0.3) is 10.7 Å². The lowest BCUT2D eigenvalue weighted by Gasteiger charge is -2.32. The molecule has 4 rings (SSSR count). The van der Waals surface area contributed by atoms with E-state index in [2.05, 4.69) is 30.2 Å². The average Bonchev–Trinajstić information content (AvgIpc) is 3.35. The van der Waals surface area contributed by atoms with Gasteiger partial charge >= 0.3 is 0 Å². The number of imidazole rings is 1. The van der Waals surface area contributed by atoms with Crippen LogP contribution < -0.4 is 10.2 Å². The number of carbonyl (C=O) groups excluding carboxylic acids is 1. The second-order valence-electron chi connectivity index (χ2n) is 5.90. The van der Waals surface area contributed by atoms with Crippen LogP contribution in [0.1, 0.15) is 22.5 Å². The molecule has 0 aromatic carbocycles. The molecule has 0 bridgehead atoms. The molecule has 1 amide bonds. The number of piperidine rings is 1. The molecule has 0 unspecified atom stereocenters. The Balaban J connectivity index is 1.33. The minimum absolute atomic E-state index is 0.0132. The Kier molecular flexibility index (Phi) is 4.43. The number of carbonyl (C=O) groups is 1. The van der Waals surface area contributed by atoms with Crippen molar-refractivity contribution in [3.63, 3.8) is 0 Å². The fraction of sp³-hybridized carbons (Fsp3) is 0.294. The number of aromatic nitrogens is 4. The molecule has 0 spiro atoms. The Labute approximate surface area is 149 Å². The topological polar surface area (TPSA) is 86.8 Å². The second-order valence-corrected chi connectivity index (χ2v) is 6.98. The van der Waals surface area contributed by atoms with E-state index in [1.54, 1.807) is 31.0 Å². The molecule has 0 atom stereocenters. The summed E-state index contributed by atoms with van der Waals surface area (Å²) in [6.45, 7) is 1.73. The van der Waals surface area contributed by atoms with E-state index in [9.17, 15) is 4.79 Å². The van der Waals surface area contributed by atoms with Crippen molar-refractivity contribution in [2.24, 2.45) is 0 Å². The predicted molar refractivity (Wildman–Crippen MR) is 96.6 cm³/mol. The van der Waals surface area contributed by atoms with Gasteiger partial charge in [-0.05, 0) is 25.0 Å². The van der Waals surface area contributed by atoms with Crippen LogP contribution in [-0.2, 0) is 0 Å². The van der Waals surface area contributed by atoms with Gasteiger partial charge in [-0.2, -0.15) is 0 Å². The number of anilines is 1.